The van der Waals surface area contributed by atoms with Crippen LogP contribution in [0, 0.1) is 0 Å². The van der Waals surface area contributed by atoms with Crippen LogP contribution < -0.4 is 0 Å². The molecule has 0 atom stereocenters. The second-order valence-electron chi connectivity index (χ2n) is 6.59. The van der Waals surface area contributed by atoms with Gasteiger partial charge in [-0.1, -0.05) is 30.3 Å². The number of benzene rings is 1. The first-order chi connectivity index (χ1) is 12.3. The molecule has 0 N–H and O–H groups in total. The minimum absolute atomic E-state index is 0.167. The molecule has 6 heteroatoms. The second kappa shape index (κ2) is 7.37. The van der Waals surface area contributed by atoms with Crippen LogP contribution in [0.1, 0.15) is 22.9 Å². The Kier molecular flexibility index (Phi) is 4.81. The lowest BCUT2D eigenvalue weighted by atomic mass is 10.1. The van der Waals surface area contributed by atoms with E-state index in [0.29, 0.717) is 39.3 Å². The van der Waals surface area contributed by atoms with Crippen LogP contribution >= 0.6 is 0 Å². The van der Waals surface area contributed by atoms with Gasteiger partial charge in [-0.15, -0.1) is 0 Å². The molecule has 1 fully saturated rings. The van der Waals surface area contributed by atoms with Crippen LogP contribution in [0.3, 0.4) is 0 Å². The first-order valence-electron chi connectivity index (χ1n) is 8.87. The second-order valence-corrected chi connectivity index (χ2v) is 6.59. The smallest absolute Gasteiger partial charge is 0.237 e. The van der Waals surface area contributed by atoms with Crippen molar-refractivity contribution in [2.75, 3.05) is 39.4 Å². The molecule has 3 heterocycles. The molecular formula is C19H23N3O3. The fraction of sp³-hybridized carbons (Fsp3) is 0.474. The number of hydrogen-bond donors (Lipinski definition) is 0. The van der Waals surface area contributed by atoms with Gasteiger partial charge < -0.3 is 14.1 Å². The van der Waals surface area contributed by atoms with Gasteiger partial charge in [-0.25, -0.2) is 4.98 Å². The van der Waals surface area contributed by atoms with Gasteiger partial charge in [0.2, 0.25) is 5.91 Å². The fourth-order valence-corrected chi connectivity index (χ4v) is 3.36. The van der Waals surface area contributed by atoms with Crippen molar-refractivity contribution in [1.29, 1.82) is 0 Å². The largest absolute Gasteiger partial charge is 0.445 e. The summed E-state index contributed by atoms with van der Waals surface area (Å²) in [5.74, 6) is 1.83. The van der Waals surface area contributed by atoms with Gasteiger partial charge in [0.1, 0.15) is 11.5 Å². The van der Waals surface area contributed by atoms with Crippen LogP contribution in [0.25, 0.3) is 0 Å². The molecular weight excluding hydrogens is 318 g/mol. The maximum absolute atomic E-state index is 12.6. The van der Waals surface area contributed by atoms with E-state index in [1.165, 1.54) is 5.56 Å². The van der Waals surface area contributed by atoms with Crippen molar-refractivity contribution < 1.29 is 13.9 Å². The molecule has 1 aromatic carbocycles. The molecule has 0 aliphatic carbocycles. The Morgan fingerprint density at radius 3 is 2.72 bits per heavy atom. The van der Waals surface area contributed by atoms with Crippen molar-refractivity contribution in [3.05, 3.63) is 53.2 Å². The number of nitrogens with zero attached hydrogens (tertiary/aromatic N) is 3. The summed E-state index contributed by atoms with van der Waals surface area (Å²) in [5.41, 5.74) is 2.09. The highest BCUT2D eigenvalue weighted by Gasteiger charge is 2.26. The van der Waals surface area contributed by atoms with E-state index in [0.717, 1.165) is 36.9 Å². The number of fused-ring (bicyclic) bond motifs is 1. The van der Waals surface area contributed by atoms with Gasteiger partial charge in [-0.3, -0.25) is 9.69 Å². The highest BCUT2D eigenvalue weighted by molar-refractivity contribution is 5.78. The standard InChI is InChI=1S/C19H23N3O3/c23-19(14-21-8-10-24-11-9-21)22-7-6-17-16(13-22)20-18(25-17)12-15-4-2-1-3-5-15/h1-5H,6-14H2. The molecule has 6 nitrogen and oxygen atoms in total. The highest BCUT2D eigenvalue weighted by Crippen LogP contribution is 2.21. The summed E-state index contributed by atoms with van der Waals surface area (Å²) in [4.78, 5) is 21.2. The molecule has 2 aliphatic rings. The number of hydrogen-bond acceptors (Lipinski definition) is 5. The normalized spacial score (nSPS) is 18.2. The monoisotopic (exact) mass is 341 g/mol. The summed E-state index contributed by atoms with van der Waals surface area (Å²) < 4.78 is 11.2. The van der Waals surface area contributed by atoms with Crippen molar-refractivity contribution in [3.63, 3.8) is 0 Å². The van der Waals surface area contributed by atoms with Gasteiger partial charge in [-0.2, -0.15) is 0 Å². The molecule has 2 aliphatic heterocycles. The molecule has 0 unspecified atom stereocenters. The number of amides is 1. The average Bonchev–Trinajstić information content (AvgIpc) is 3.04. The average molecular weight is 341 g/mol. The number of carbonyl (C=O) groups excluding carboxylic acids is 1. The summed E-state index contributed by atoms with van der Waals surface area (Å²) >= 11 is 0. The zero-order valence-electron chi connectivity index (χ0n) is 14.3. The van der Waals surface area contributed by atoms with E-state index >= 15 is 0 Å². The van der Waals surface area contributed by atoms with Crippen molar-refractivity contribution >= 4 is 5.91 Å². The van der Waals surface area contributed by atoms with E-state index in [2.05, 4.69) is 22.0 Å². The van der Waals surface area contributed by atoms with Gasteiger partial charge in [0.25, 0.3) is 0 Å². The molecule has 2 aromatic rings. The maximum atomic E-state index is 12.6. The van der Waals surface area contributed by atoms with E-state index in [1.54, 1.807) is 0 Å². The molecule has 1 saturated heterocycles. The first-order valence-corrected chi connectivity index (χ1v) is 8.87. The summed E-state index contributed by atoms with van der Waals surface area (Å²) in [6, 6.07) is 10.2. The number of carbonyl (C=O) groups is 1. The zero-order chi connectivity index (χ0) is 17.1. The van der Waals surface area contributed by atoms with Crippen LogP contribution in [0.15, 0.2) is 34.7 Å². The SMILES string of the molecule is O=C(CN1CCOCC1)N1CCc2oc(Cc3ccccc3)nc2C1. The number of rotatable bonds is 4. The van der Waals surface area contributed by atoms with E-state index in [4.69, 9.17) is 9.15 Å². The lowest BCUT2D eigenvalue weighted by molar-refractivity contribution is -0.134. The van der Waals surface area contributed by atoms with Crippen LogP contribution in [0.4, 0.5) is 0 Å². The molecule has 4 rings (SSSR count). The lowest BCUT2D eigenvalue weighted by Gasteiger charge is -2.30. The number of oxazole rings is 1. The highest BCUT2D eigenvalue weighted by atomic mass is 16.5. The molecule has 25 heavy (non-hydrogen) atoms. The Balaban J connectivity index is 1.38. The molecule has 1 aromatic heterocycles. The minimum atomic E-state index is 0.167. The van der Waals surface area contributed by atoms with Gasteiger partial charge in [0, 0.05) is 32.5 Å². The number of ether oxygens (including phenoxy) is 1. The van der Waals surface area contributed by atoms with Crippen molar-refractivity contribution in [2.45, 2.75) is 19.4 Å². The first kappa shape index (κ1) is 16.3. The Morgan fingerprint density at radius 1 is 1.12 bits per heavy atom. The summed E-state index contributed by atoms with van der Waals surface area (Å²) in [5, 5.41) is 0. The Bertz CT molecular complexity index is 723. The third-order valence-corrected chi connectivity index (χ3v) is 4.79. The van der Waals surface area contributed by atoms with Crippen molar-refractivity contribution in [3.8, 4) is 0 Å². The zero-order valence-corrected chi connectivity index (χ0v) is 14.3. The van der Waals surface area contributed by atoms with Crippen molar-refractivity contribution in [2.24, 2.45) is 0 Å². The molecule has 0 radical (unpaired) electrons. The number of morpholine rings is 1. The van der Waals surface area contributed by atoms with Crippen LogP contribution in [0.5, 0.6) is 0 Å². The van der Waals surface area contributed by atoms with E-state index in [1.807, 2.05) is 23.1 Å². The predicted molar refractivity (Wildman–Crippen MR) is 92.1 cm³/mol. The molecule has 0 spiro atoms. The van der Waals surface area contributed by atoms with E-state index in [9.17, 15) is 4.79 Å². The third kappa shape index (κ3) is 3.91. The van der Waals surface area contributed by atoms with Crippen molar-refractivity contribution in [1.82, 2.24) is 14.8 Å². The molecule has 1 amide bonds. The summed E-state index contributed by atoms with van der Waals surface area (Å²) in [7, 11) is 0. The van der Waals surface area contributed by atoms with Gasteiger partial charge >= 0.3 is 0 Å². The molecule has 132 valence electrons. The van der Waals surface area contributed by atoms with E-state index < -0.39 is 0 Å². The fourth-order valence-electron chi connectivity index (χ4n) is 3.36. The molecule has 0 saturated carbocycles. The molecule has 0 bridgehead atoms. The maximum Gasteiger partial charge on any atom is 0.237 e. The topological polar surface area (TPSA) is 58.8 Å². The van der Waals surface area contributed by atoms with Gasteiger partial charge in [-0.05, 0) is 5.56 Å². The van der Waals surface area contributed by atoms with Gasteiger partial charge in [0.05, 0.1) is 26.3 Å². The number of aromatic nitrogens is 1. The Labute approximate surface area is 147 Å². The predicted octanol–water partition coefficient (Wildman–Crippen LogP) is 1.48. The quantitative estimate of drug-likeness (QED) is 0.843. The lowest BCUT2D eigenvalue weighted by Crippen LogP contribution is -2.46. The van der Waals surface area contributed by atoms with E-state index in [-0.39, 0.29) is 5.91 Å². The summed E-state index contributed by atoms with van der Waals surface area (Å²) in [6.45, 7) is 4.81. The van der Waals surface area contributed by atoms with Crippen LogP contribution in [-0.4, -0.2) is 60.1 Å². The van der Waals surface area contributed by atoms with Crippen LogP contribution in [0.2, 0.25) is 0 Å². The van der Waals surface area contributed by atoms with Gasteiger partial charge in [0.15, 0.2) is 5.89 Å². The minimum Gasteiger partial charge on any atom is -0.445 e. The summed E-state index contributed by atoms with van der Waals surface area (Å²) in [6.07, 6.45) is 1.43. The van der Waals surface area contributed by atoms with Crippen LogP contribution in [-0.2, 0) is 28.9 Å². The Hall–Kier alpha value is -2.18. The third-order valence-electron chi connectivity index (χ3n) is 4.79. The Morgan fingerprint density at radius 2 is 1.92 bits per heavy atom.